The van der Waals surface area contributed by atoms with Crippen LogP contribution < -0.4 is 0 Å². The third kappa shape index (κ3) is 2.86. The van der Waals surface area contributed by atoms with E-state index in [1.54, 1.807) is 24.7 Å². The van der Waals surface area contributed by atoms with Crippen LogP contribution in [-0.2, 0) is 18.5 Å². The summed E-state index contributed by atoms with van der Waals surface area (Å²) in [7, 11) is -3.16. The van der Waals surface area contributed by atoms with Crippen LogP contribution in [0, 0.1) is 0 Å². The van der Waals surface area contributed by atoms with Crippen LogP contribution in [0.15, 0.2) is 23.7 Å². The first-order chi connectivity index (χ1) is 8.58. The molecule has 2 atom stereocenters. The van der Waals surface area contributed by atoms with E-state index in [9.17, 15) is 4.57 Å². The van der Waals surface area contributed by atoms with Gasteiger partial charge in [-0.25, -0.2) is 0 Å². The molecule has 2 bridgehead atoms. The topological polar surface area (TPSA) is 48.0 Å². The van der Waals surface area contributed by atoms with E-state index in [1.807, 2.05) is 6.92 Å². The molecule has 2 aliphatic rings. The van der Waals surface area contributed by atoms with E-state index in [2.05, 4.69) is 12.2 Å². The van der Waals surface area contributed by atoms with Gasteiger partial charge in [0.2, 0.25) is 0 Å². The molecule has 5 nitrogen and oxygen atoms in total. The van der Waals surface area contributed by atoms with Gasteiger partial charge in [0.05, 0.1) is 19.3 Å². The lowest BCUT2D eigenvalue weighted by atomic mass is 10.2. The summed E-state index contributed by atoms with van der Waals surface area (Å²) in [4.78, 5) is 5.67. The fourth-order valence-electron chi connectivity index (χ4n) is 2.23. The first-order valence-electron chi connectivity index (χ1n) is 6.30. The lowest BCUT2D eigenvalue weighted by Gasteiger charge is -2.26. The Morgan fingerprint density at radius 1 is 1.44 bits per heavy atom. The van der Waals surface area contributed by atoms with Crippen LogP contribution >= 0.6 is 7.60 Å². The molecule has 0 saturated carbocycles. The van der Waals surface area contributed by atoms with E-state index < -0.39 is 7.60 Å². The van der Waals surface area contributed by atoms with Crippen molar-refractivity contribution in [1.29, 1.82) is 0 Å². The summed E-state index contributed by atoms with van der Waals surface area (Å²) in [5.41, 5.74) is 0.775. The Labute approximate surface area is 108 Å². The number of nitrogens with zero attached hydrogens (tertiary/aromatic N) is 1. The van der Waals surface area contributed by atoms with E-state index in [-0.39, 0.29) is 12.1 Å². The number of rotatable bonds is 6. The minimum absolute atomic E-state index is 0.150. The lowest BCUT2D eigenvalue weighted by Crippen LogP contribution is -2.26. The van der Waals surface area contributed by atoms with E-state index in [0.717, 1.165) is 12.1 Å². The normalized spacial score (nSPS) is 27.3. The van der Waals surface area contributed by atoms with Crippen molar-refractivity contribution in [2.45, 2.75) is 39.3 Å². The number of fused-ring (bicyclic) bond motifs is 2. The molecule has 0 N–H and O–H groups in total. The van der Waals surface area contributed by atoms with Gasteiger partial charge >= 0.3 is 7.60 Å². The second kappa shape index (κ2) is 5.57. The van der Waals surface area contributed by atoms with Crippen LogP contribution in [0.2, 0.25) is 0 Å². The van der Waals surface area contributed by atoms with Crippen molar-refractivity contribution in [3.8, 4) is 0 Å². The third-order valence-corrected chi connectivity index (χ3v) is 4.81. The predicted molar refractivity (Wildman–Crippen MR) is 68.9 cm³/mol. The zero-order valence-electron chi connectivity index (χ0n) is 11.0. The minimum Gasteiger partial charge on any atom is -0.306 e. The highest BCUT2D eigenvalue weighted by Crippen LogP contribution is 2.51. The Morgan fingerprint density at radius 2 is 2.11 bits per heavy atom. The highest BCUT2D eigenvalue weighted by molar-refractivity contribution is 7.57. The average Bonchev–Trinajstić information content (AvgIpc) is 2.90. The van der Waals surface area contributed by atoms with Crippen LogP contribution in [0.4, 0.5) is 0 Å². The Hall–Kier alpha value is -0.610. The second-order valence-electron chi connectivity index (χ2n) is 4.30. The number of hydrogen-bond acceptors (Lipinski definition) is 5. The molecule has 0 aromatic heterocycles. The zero-order valence-corrected chi connectivity index (χ0v) is 11.9. The van der Waals surface area contributed by atoms with Gasteiger partial charge in [-0.2, -0.15) is 0 Å². The van der Waals surface area contributed by atoms with E-state index in [0.29, 0.717) is 13.2 Å². The van der Waals surface area contributed by atoms with Gasteiger partial charge in [-0.1, -0.05) is 12.2 Å². The summed E-state index contributed by atoms with van der Waals surface area (Å²) in [5, 5.41) is 1.79. The van der Waals surface area contributed by atoms with Gasteiger partial charge in [-0.3, -0.25) is 14.5 Å². The number of hydroxylamine groups is 2. The molecule has 6 heteroatoms. The summed E-state index contributed by atoms with van der Waals surface area (Å²) >= 11 is 0. The van der Waals surface area contributed by atoms with Crippen molar-refractivity contribution in [1.82, 2.24) is 5.06 Å². The first kappa shape index (κ1) is 13.8. The third-order valence-electron chi connectivity index (χ3n) is 2.88. The molecule has 0 amide bonds. The van der Waals surface area contributed by atoms with Crippen molar-refractivity contribution >= 4 is 7.60 Å². The van der Waals surface area contributed by atoms with Gasteiger partial charge in [-0.15, -0.1) is 0 Å². The summed E-state index contributed by atoms with van der Waals surface area (Å²) in [6.07, 6.45) is 5.27. The summed E-state index contributed by atoms with van der Waals surface area (Å²) in [5.74, 6) is 1.55. The van der Waals surface area contributed by atoms with Crippen LogP contribution in [0.1, 0.15) is 27.2 Å². The Kier molecular flexibility index (Phi) is 4.28. The SMILES string of the molecule is CCOP(=O)(/C=C(\C)N1O[C@H]2C=C[C@@H]1C2)OCC. The quantitative estimate of drug-likeness (QED) is 0.550. The van der Waals surface area contributed by atoms with Gasteiger partial charge in [0, 0.05) is 17.9 Å². The van der Waals surface area contributed by atoms with Crippen molar-refractivity contribution in [3.05, 3.63) is 23.7 Å². The average molecular weight is 273 g/mol. The highest BCUT2D eigenvalue weighted by Gasteiger charge is 2.36. The maximum atomic E-state index is 12.4. The Bertz CT molecular complexity index is 397. The largest absolute Gasteiger partial charge is 0.355 e. The molecular formula is C12H20NO4P. The van der Waals surface area contributed by atoms with E-state index in [1.165, 1.54) is 0 Å². The smallest absolute Gasteiger partial charge is 0.306 e. The molecule has 0 spiro atoms. The van der Waals surface area contributed by atoms with Crippen LogP contribution in [0.25, 0.3) is 0 Å². The van der Waals surface area contributed by atoms with Crippen LogP contribution in [0.5, 0.6) is 0 Å². The minimum atomic E-state index is -3.16. The molecule has 0 aromatic rings. The maximum absolute atomic E-state index is 12.4. The molecule has 0 radical (unpaired) electrons. The maximum Gasteiger partial charge on any atom is 0.355 e. The summed E-state index contributed by atoms with van der Waals surface area (Å²) in [6, 6.07) is 0.239. The second-order valence-corrected chi connectivity index (χ2v) is 6.16. The van der Waals surface area contributed by atoms with Gasteiger partial charge < -0.3 is 9.05 Å². The van der Waals surface area contributed by atoms with Crippen molar-refractivity contribution < 1.29 is 18.5 Å². The molecule has 0 unspecified atom stereocenters. The van der Waals surface area contributed by atoms with Crippen LogP contribution in [-0.4, -0.2) is 30.4 Å². The fourth-order valence-corrected chi connectivity index (χ4v) is 3.74. The van der Waals surface area contributed by atoms with Crippen LogP contribution in [0.3, 0.4) is 0 Å². The van der Waals surface area contributed by atoms with Gasteiger partial charge in [0.25, 0.3) is 0 Å². The molecule has 102 valence electrons. The lowest BCUT2D eigenvalue weighted by molar-refractivity contribution is -0.121. The van der Waals surface area contributed by atoms with Crippen molar-refractivity contribution in [2.75, 3.05) is 13.2 Å². The monoisotopic (exact) mass is 273 g/mol. The van der Waals surface area contributed by atoms with Gasteiger partial charge in [0.1, 0.15) is 6.10 Å². The predicted octanol–water partition coefficient (Wildman–Crippen LogP) is 3.06. The Balaban J connectivity index is 2.10. The molecule has 1 heterocycles. The molecule has 18 heavy (non-hydrogen) atoms. The Morgan fingerprint density at radius 3 is 2.56 bits per heavy atom. The van der Waals surface area contributed by atoms with Gasteiger partial charge in [-0.05, 0) is 20.8 Å². The first-order valence-corrected chi connectivity index (χ1v) is 7.91. The summed E-state index contributed by atoms with van der Waals surface area (Å²) in [6.45, 7) is 6.17. The van der Waals surface area contributed by atoms with E-state index in [4.69, 9.17) is 13.9 Å². The molecular weight excluding hydrogens is 253 g/mol. The zero-order chi connectivity index (χ0) is 13.2. The fraction of sp³-hybridized carbons (Fsp3) is 0.667. The molecule has 1 fully saturated rings. The van der Waals surface area contributed by atoms with Crippen molar-refractivity contribution in [3.63, 3.8) is 0 Å². The highest BCUT2D eigenvalue weighted by atomic mass is 31.2. The summed E-state index contributed by atoms with van der Waals surface area (Å²) < 4.78 is 22.8. The molecule has 1 aliphatic carbocycles. The number of allylic oxidation sites excluding steroid dienone is 1. The molecule has 2 rings (SSSR count). The molecule has 1 saturated heterocycles. The molecule has 0 aromatic carbocycles. The standard InChI is InChI=1S/C12H20NO4P/c1-4-15-18(14,16-5-2)9-10(3)13-11-6-7-12(8-11)17-13/h6-7,9,11-12H,4-5,8H2,1-3H3/b10-9+/t11-,12+/m1/s1. The van der Waals surface area contributed by atoms with Gasteiger partial charge in [0.15, 0.2) is 0 Å². The van der Waals surface area contributed by atoms with E-state index >= 15 is 0 Å². The van der Waals surface area contributed by atoms with Crippen molar-refractivity contribution in [2.24, 2.45) is 0 Å². The number of hydrogen-bond donors (Lipinski definition) is 0. The molecule has 1 aliphatic heterocycles.